The standard InChI is InChI=1S/C10H16F2N2O.ClH/c11-10(12)4-6-14(7-10)9(15)8-3-1-2-5-13-8;/h8,13H,1-7H2;1H. The Morgan fingerprint density at radius 1 is 1.38 bits per heavy atom. The fourth-order valence-electron chi connectivity index (χ4n) is 2.21. The lowest BCUT2D eigenvalue weighted by molar-refractivity contribution is -0.134. The van der Waals surface area contributed by atoms with Crippen LogP contribution in [0.2, 0.25) is 0 Å². The predicted molar refractivity (Wildman–Crippen MR) is 59.0 cm³/mol. The Kier molecular flexibility index (Phi) is 4.50. The van der Waals surface area contributed by atoms with E-state index in [9.17, 15) is 13.6 Å². The van der Waals surface area contributed by atoms with E-state index in [4.69, 9.17) is 0 Å². The molecule has 0 aliphatic carbocycles. The van der Waals surface area contributed by atoms with E-state index in [1.165, 1.54) is 4.90 Å². The maximum absolute atomic E-state index is 12.9. The first kappa shape index (κ1) is 13.6. The van der Waals surface area contributed by atoms with Gasteiger partial charge in [-0.05, 0) is 19.4 Å². The zero-order valence-corrected chi connectivity index (χ0v) is 9.86. The zero-order valence-electron chi connectivity index (χ0n) is 9.05. The molecule has 2 fully saturated rings. The zero-order chi connectivity index (χ0) is 10.9. The van der Waals surface area contributed by atoms with Crippen LogP contribution in [-0.4, -0.2) is 42.4 Å². The van der Waals surface area contributed by atoms with E-state index in [0.29, 0.717) is 0 Å². The normalized spacial score (nSPS) is 28.6. The molecule has 2 aliphatic rings. The van der Waals surface area contributed by atoms with Gasteiger partial charge < -0.3 is 10.2 Å². The van der Waals surface area contributed by atoms with Crippen LogP contribution < -0.4 is 5.32 Å². The number of hydrogen-bond donors (Lipinski definition) is 1. The molecule has 16 heavy (non-hydrogen) atoms. The van der Waals surface area contributed by atoms with E-state index in [1.807, 2.05) is 0 Å². The smallest absolute Gasteiger partial charge is 0.267 e. The molecule has 0 aromatic heterocycles. The van der Waals surface area contributed by atoms with Gasteiger partial charge in [-0.25, -0.2) is 8.78 Å². The molecule has 2 aliphatic heterocycles. The average Bonchev–Trinajstić information content (AvgIpc) is 2.59. The number of halogens is 3. The molecule has 0 bridgehead atoms. The summed E-state index contributed by atoms with van der Waals surface area (Å²) in [6, 6.07) is -0.229. The van der Waals surface area contributed by atoms with Crippen molar-refractivity contribution >= 4 is 18.3 Å². The van der Waals surface area contributed by atoms with Gasteiger partial charge in [0.05, 0.1) is 12.6 Å². The van der Waals surface area contributed by atoms with Crippen molar-refractivity contribution in [1.82, 2.24) is 10.2 Å². The molecule has 2 heterocycles. The van der Waals surface area contributed by atoms with Crippen LogP contribution in [-0.2, 0) is 4.79 Å². The molecular formula is C10H17ClF2N2O. The molecule has 94 valence electrons. The van der Waals surface area contributed by atoms with Crippen molar-refractivity contribution in [2.75, 3.05) is 19.6 Å². The molecule has 1 amide bonds. The van der Waals surface area contributed by atoms with Crippen molar-refractivity contribution < 1.29 is 13.6 Å². The summed E-state index contributed by atoms with van der Waals surface area (Å²) in [4.78, 5) is 13.1. The summed E-state index contributed by atoms with van der Waals surface area (Å²) in [7, 11) is 0. The summed E-state index contributed by atoms with van der Waals surface area (Å²) in [6.45, 7) is 0.620. The van der Waals surface area contributed by atoms with E-state index >= 15 is 0 Å². The molecule has 0 radical (unpaired) electrons. The van der Waals surface area contributed by atoms with Gasteiger partial charge in [0.25, 0.3) is 5.92 Å². The van der Waals surface area contributed by atoms with E-state index in [2.05, 4.69) is 5.32 Å². The van der Waals surface area contributed by atoms with Gasteiger partial charge in [0, 0.05) is 13.0 Å². The third kappa shape index (κ3) is 3.04. The first-order valence-corrected chi connectivity index (χ1v) is 5.48. The number of hydrogen-bond acceptors (Lipinski definition) is 2. The molecule has 0 saturated carbocycles. The van der Waals surface area contributed by atoms with Gasteiger partial charge in [0.2, 0.25) is 5.91 Å². The van der Waals surface area contributed by atoms with Crippen molar-refractivity contribution in [2.45, 2.75) is 37.6 Å². The van der Waals surface area contributed by atoms with E-state index < -0.39 is 12.5 Å². The summed E-state index contributed by atoms with van der Waals surface area (Å²) in [5.74, 6) is -2.82. The minimum absolute atomic E-state index is 0. The highest BCUT2D eigenvalue weighted by Crippen LogP contribution is 2.27. The second-order valence-corrected chi connectivity index (χ2v) is 4.37. The molecule has 2 rings (SSSR count). The van der Waals surface area contributed by atoms with Crippen LogP contribution in [0.5, 0.6) is 0 Å². The average molecular weight is 255 g/mol. The third-order valence-electron chi connectivity index (χ3n) is 3.09. The Morgan fingerprint density at radius 3 is 2.62 bits per heavy atom. The number of carbonyl (C=O) groups is 1. The van der Waals surface area contributed by atoms with Crippen LogP contribution in [0, 0.1) is 0 Å². The summed E-state index contributed by atoms with van der Waals surface area (Å²) in [6.07, 6.45) is 2.67. The highest BCUT2D eigenvalue weighted by Gasteiger charge is 2.41. The lowest BCUT2D eigenvalue weighted by atomic mass is 10.0. The molecule has 1 atom stereocenters. The van der Waals surface area contributed by atoms with Crippen LogP contribution in [0.3, 0.4) is 0 Å². The SMILES string of the molecule is Cl.O=C(C1CCCCN1)N1CCC(F)(F)C1. The van der Waals surface area contributed by atoms with E-state index in [0.717, 1.165) is 25.8 Å². The molecule has 6 heteroatoms. The maximum Gasteiger partial charge on any atom is 0.267 e. The Morgan fingerprint density at radius 2 is 2.12 bits per heavy atom. The molecule has 0 aromatic rings. The van der Waals surface area contributed by atoms with E-state index in [1.54, 1.807) is 0 Å². The van der Waals surface area contributed by atoms with Gasteiger partial charge in [-0.1, -0.05) is 6.42 Å². The Hall–Kier alpha value is -0.420. The molecule has 0 spiro atoms. The fourth-order valence-corrected chi connectivity index (χ4v) is 2.21. The number of alkyl halides is 2. The van der Waals surface area contributed by atoms with Crippen molar-refractivity contribution in [3.63, 3.8) is 0 Å². The summed E-state index contributed by atoms with van der Waals surface area (Å²) < 4.78 is 25.8. The van der Waals surface area contributed by atoms with Gasteiger partial charge >= 0.3 is 0 Å². The minimum Gasteiger partial charge on any atom is -0.335 e. The Balaban J connectivity index is 0.00000128. The first-order chi connectivity index (χ1) is 7.08. The van der Waals surface area contributed by atoms with Crippen molar-refractivity contribution in [1.29, 1.82) is 0 Å². The van der Waals surface area contributed by atoms with Crippen molar-refractivity contribution in [3.05, 3.63) is 0 Å². The van der Waals surface area contributed by atoms with Crippen LogP contribution in [0.4, 0.5) is 8.78 Å². The second-order valence-electron chi connectivity index (χ2n) is 4.37. The lowest BCUT2D eigenvalue weighted by Gasteiger charge is -2.27. The molecule has 1 unspecified atom stereocenters. The molecule has 3 nitrogen and oxygen atoms in total. The van der Waals surface area contributed by atoms with Crippen molar-refractivity contribution in [3.8, 4) is 0 Å². The topological polar surface area (TPSA) is 32.3 Å². The maximum atomic E-state index is 12.9. The molecular weight excluding hydrogens is 238 g/mol. The highest BCUT2D eigenvalue weighted by atomic mass is 35.5. The minimum atomic E-state index is -2.68. The van der Waals surface area contributed by atoms with Crippen LogP contribution in [0.1, 0.15) is 25.7 Å². The largest absolute Gasteiger partial charge is 0.335 e. The van der Waals surface area contributed by atoms with Gasteiger partial charge in [0.1, 0.15) is 0 Å². The van der Waals surface area contributed by atoms with Crippen LogP contribution in [0.25, 0.3) is 0 Å². The molecule has 2 saturated heterocycles. The Bertz CT molecular complexity index is 257. The number of likely N-dealkylation sites (tertiary alicyclic amines) is 1. The van der Waals surface area contributed by atoms with Crippen molar-refractivity contribution in [2.24, 2.45) is 0 Å². The number of nitrogens with one attached hydrogen (secondary N) is 1. The van der Waals surface area contributed by atoms with Crippen LogP contribution >= 0.6 is 12.4 Å². The number of nitrogens with zero attached hydrogens (tertiary/aromatic N) is 1. The first-order valence-electron chi connectivity index (χ1n) is 5.48. The van der Waals surface area contributed by atoms with Crippen LogP contribution in [0.15, 0.2) is 0 Å². The number of carbonyl (C=O) groups excluding carboxylic acids is 1. The summed E-state index contributed by atoms with van der Waals surface area (Å²) in [5.41, 5.74) is 0. The van der Waals surface area contributed by atoms with Gasteiger partial charge in [-0.3, -0.25) is 4.79 Å². The Labute approximate surface area is 100.0 Å². The summed E-state index contributed by atoms with van der Waals surface area (Å²) >= 11 is 0. The summed E-state index contributed by atoms with van der Waals surface area (Å²) in [5, 5.41) is 3.09. The second kappa shape index (κ2) is 5.27. The van der Waals surface area contributed by atoms with Gasteiger partial charge in [-0.2, -0.15) is 0 Å². The molecule has 0 aromatic carbocycles. The highest BCUT2D eigenvalue weighted by molar-refractivity contribution is 5.85. The molecule has 1 N–H and O–H groups in total. The van der Waals surface area contributed by atoms with Gasteiger partial charge in [-0.15, -0.1) is 12.4 Å². The quantitative estimate of drug-likeness (QED) is 0.768. The lowest BCUT2D eigenvalue weighted by Crippen LogP contribution is -2.48. The third-order valence-corrected chi connectivity index (χ3v) is 3.09. The fraction of sp³-hybridized carbons (Fsp3) is 0.900. The van der Waals surface area contributed by atoms with E-state index in [-0.39, 0.29) is 37.3 Å². The predicted octanol–water partition coefficient (Wildman–Crippen LogP) is 1.42. The number of rotatable bonds is 1. The monoisotopic (exact) mass is 254 g/mol. The number of piperidine rings is 1. The van der Waals surface area contributed by atoms with Gasteiger partial charge in [0.15, 0.2) is 0 Å². The number of amides is 1.